The fourth-order valence-corrected chi connectivity index (χ4v) is 1.94. The van der Waals surface area contributed by atoms with Crippen LogP contribution in [0.3, 0.4) is 0 Å². The van der Waals surface area contributed by atoms with Crippen LogP contribution in [0.25, 0.3) is 0 Å². The van der Waals surface area contributed by atoms with Gasteiger partial charge in [-0.05, 0) is 29.5 Å². The van der Waals surface area contributed by atoms with Crippen LogP contribution in [0.15, 0.2) is 33.6 Å². The third-order valence-corrected chi connectivity index (χ3v) is 2.83. The van der Waals surface area contributed by atoms with E-state index in [9.17, 15) is 0 Å². The van der Waals surface area contributed by atoms with Crippen molar-refractivity contribution >= 4 is 29.3 Å². The smallest absolute Gasteiger partial charge is 0.0464 e. The minimum atomic E-state index is 0.989. The summed E-state index contributed by atoms with van der Waals surface area (Å²) in [6.07, 6.45) is 4.97. The molecule has 0 aliphatic carbocycles. The molecule has 13 heavy (non-hydrogen) atoms. The van der Waals surface area contributed by atoms with E-state index in [0.717, 1.165) is 12.1 Å². The van der Waals surface area contributed by atoms with Gasteiger partial charge in [0.05, 0.1) is 0 Å². The van der Waals surface area contributed by atoms with E-state index in [2.05, 4.69) is 35.0 Å². The molecular weight excluding hydrogens is 198 g/mol. The monoisotopic (exact) mass is 211 g/mol. The maximum Gasteiger partial charge on any atom is 0.0464 e. The topological polar surface area (TPSA) is 12.4 Å². The van der Waals surface area contributed by atoms with Crippen molar-refractivity contribution in [1.82, 2.24) is 0 Å². The molecule has 0 aliphatic rings. The highest BCUT2D eigenvalue weighted by atomic mass is 32.2. The van der Waals surface area contributed by atoms with Crippen molar-refractivity contribution in [1.29, 1.82) is 0 Å². The standard InChI is InChI=1S/C10H13NS2/c1-3-9(8-12-2)11-7-10-5-4-6-13-10/h4-8H,3H2,1-2H3/b9-8-,11-7+. The highest BCUT2D eigenvalue weighted by molar-refractivity contribution is 8.01. The van der Waals surface area contributed by atoms with Crippen LogP contribution in [0, 0.1) is 0 Å². The van der Waals surface area contributed by atoms with E-state index in [1.54, 1.807) is 23.1 Å². The maximum absolute atomic E-state index is 4.40. The van der Waals surface area contributed by atoms with Gasteiger partial charge < -0.3 is 0 Å². The van der Waals surface area contributed by atoms with Crippen molar-refractivity contribution < 1.29 is 0 Å². The lowest BCUT2D eigenvalue weighted by molar-refractivity contribution is 1.08. The summed E-state index contributed by atoms with van der Waals surface area (Å²) in [7, 11) is 0. The second kappa shape index (κ2) is 6.00. The summed E-state index contributed by atoms with van der Waals surface area (Å²) in [4.78, 5) is 5.61. The number of hydrogen-bond acceptors (Lipinski definition) is 3. The zero-order valence-corrected chi connectivity index (χ0v) is 9.49. The predicted octanol–water partition coefficient (Wildman–Crippen LogP) is 3.78. The zero-order chi connectivity index (χ0) is 9.52. The lowest BCUT2D eigenvalue weighted by atomic mass is 10.4. The Kier molecular flexibility index (Phi) is 4.86. The molecule has 0 bridgehead atoms. The van der Waals surface area contributed by atoms with Crippen molar-refractivity contribution in [2.45, 2.75) is 13.3 Å². The van der Waals surface area contributed by atoms with Crippen molar-refractivity contribution in [3.05, 3.63) is 33.5 Å². The molecule has 0 aromatic carbocycles. The second-order valence-electron chi connectivity index (χ2n) is 2.47. The Labute approximate surface area is 87.6 Å². The van der Waals surface area contributed by atoms with E-state index in [-0.39, 0.29) is 0 Å². The summed E-state index contributed by atoms with van der Waals surface area (Å²) in [5.41, 5.74) is 1.14. The number of aliphatic imine (C=N–C) groups is 1. The summed E-state index contributed by atoms with van der Waals surface area (Å²) in [5, 5.41) is 4.15. The highest BCUT2D eigenvalue weighted by Crippen LogP contribution is 2.10. The maximum atomic E-state index is 4.40. The Hall–Kier alpha value is -0.540. The molecule has 1 nitrogen and oxygen atoms in total. The van der Waals surface area contributed by atoms with Gasteiger partial charge in [-0.15, -0.1) is 23.1 Å². The average molecular weight is 211 g/mol. The Bertz CT molecular complexity index is 286. The molecule has 0 N–H and O–H groups in total. The summed E-state index contributed by atoms with van der Waals surface area (Å²) in [6.45, 7) is 2.12. The van der Waals surface area contributed by atoms with Gasteiger partial charge >= 0.3 is 0 Å². The fraction of sp³-hybridized carbons (Fsp3) is 0.300. The number of hydrogen-bond donors (Lipinski definition) is 0. The third kappa shape index (κ3) is 3.79. The normalized spacial score (nSPS) is 12.6. The van der Waals surface area contributed by atoms with E-state index < -0.39 is 0 Å². The quantitative estimate of drug-likeness (QED) is 0.690. The zero-order valence-electron chi connectivity index (χ0n) is 7.86. The molecule has 0 amide bonds. The van der Waals surface area contributed by atoms with Crippen molar-refractivity contribution in [2.24, 2.45) is 4.99 Å². The summed E-state index contributed by atoms with van der Waals surface area (Å²) >= 11 is 3.41. The SMILES string of the molecule is CCC(=C/SC)/N=C/c1cccs1. The minimum Gasteiger partial charge on any atom is -0.259 e. The molecule has 0 unspecified atom stereocenters. The molecule has 0 spiro atoms. The van der Waals surface area contributed by atoms with Gasteiger partial charge in [0.15, 0.2) is 0 Å². The Balaban J connectivity index is 2.61. The van der Waals surface area contributed by atoms with Gasteiger partial charge in [0.25, 0.3) is 0 Å². The van der Waals surface area contributed by atoms with Crippen LogP contribution >= 0.6 is 23.1 Å². The van der Waals surface area contributed by atoms with E-state index in [1.807, 2.05) is 12.3 Å². The predicted molar refractivity (Wildman–Crippen MR) is 63.8 cm³/mol. The molecule has 1 heterocycles. The van der Waals surface area contributed by atoms with Crippen LogP contribution in [0.1, 0.15) is 18.2 Å². The molecule has 0 atom stereocenters. The first-order valence-electron chi connectivity index (χ1n) is 4.16. The molecule has 70 valence electrons. The van der Waals surface area contributed by atoms with Gasteiger partial charge in [-0.3, -0.25) is 4.99 Å². The lowest BCUT2D eigenvalue weighted by Crippen LogP contribution is -1.77. The van der Waals surface area contributed by atoms with E-state index in [1.165, 1.54) is 4.88 Å². The van der Waals surface area contributed by atoms with E-state index in [4.69, 9.17) is 0 Å². The molecule has 0 aliphatic heterocycles. The van der Waals surface area contributed by atoms with Gasteiger partial charge in [0.1, 0.15) is 0 Å². The minimum absolute atomic E-state index is 0.989. The molecule has 3 heteroatoms. The second-order valence-corrected chi connectivity index (χ2v) is 4.16. The van der Waals surface area contributed by atoms with Gasteiger partial charge in [0.2, 0.25) is 0 Å². The van der Waals surface area contributed by atoms with Crippen molar-refractivity contribution in [3.63, 3.8) is 0 Å². The Morgan fingerprint density at radius 2 is 2.54 bits per heavy atom. The van der Waals surface area contributed by atoms with Crippen LogP contribution in [0.5, 0.6) is 0 Å². The van der Waals surface area contributed by atoms with Gasteiger partial charge in [-0.25, -0.2) is 0 Å². The number of nitrogens with zero attached hydrogens (tertiary/aromatic N) is 1. The first-order valence-corrected chi connectivity index (χ1v) is 6.33. The third-order valence-electron chi connectivity index (χ3n) is 1.52. The molecule has 0 saturated carbocycles. The summed E-state index contributed by atoms with van der Waals surface area (Å²) < 4.78 is 0. The molecule has 1 rings (SSSR count). The summed E-state index contributed by atoms with van der Waals surface area (Å²) in [6, 6.07) is 4.11. The Morgan fingerprint density at radius 3 is 3.08 bits per heavy atom. The van der Waals surface area contributed by atoms with Crippen LogP contribution in [0.4, 0.5) is 0 Å². The van der Waals surface area contributed by atoms with Crippen LogP contribution in [-0.4, -0.2) is 12.5 Å². The molecule has 1 aromatic rings. The summed E-state index contributed by atoms with van der Waals surface area (Å²) in [5.74, 6) is 0. The number of thiophene rings is 1. The van der Waals surface area contributed by atoms with Gasteiger partial charge in [0, 0.05) is 16.8 Å². The number of rotatable bonds is 4. The van der Waals surface area contributed by atoms with Crippen molar-refractivity contribution in [3.8, 4) is 0 Å². The lowest BCUT2D eigenvalue weighted by Gasteiger charge is -1.93. The van der Waals surface area contributed by atoms with Crippen LogP contribution in [-0.2, 0) is 0 Å². The van der Waals surface area contributed by atoms with E-state index in [0.29, 0.717) is 0 Å². The molecular formula is C10H13NS2. The number of thioether (sulfide) groups is 1. The van der Waals surface area contributed by atoms with Crippen LogP contribution in [0.2, 0.25) is 0 Å². The first-order chi connectivity index (χ1) is 6.36. The number of allylic oxidation sites excluding steroid dienone is 1. The van der Waals surface area contributed by atoms with Crippen molar-refractivity contribution in [2.75, 3.05) is 6.26 Å². The Morgan fingerprint density at radius 1 is 1.69 bits per heavy atom. The largest absolute Gasteiger partial charge is 0.259 e. The first kappa shape index (κ1) is 10.5. The van der Waals surface area contributed by atoms with Gasteiger partial charge in [-0.2, -0.15) is 0 Å². The van der Waals surface area contributed by atoms with Gasteiger partial charge in [-0.1, -0.05) is 13.0 Å². The molecule has 1 aromatic heterocycles. The fourth-order valence-electron chi connectivity index (χ4n) is 0.852. The average Bonchev–Trinajstić information content (AvgIpc) is 2.64. The van der Waals surface area contributed by atoms with Crippen LogP contribution < -0.4 is 0 Å². The molecule has 0 saturated heterocycles. The molecule has 0 radical (unpaired) electrons. The highest BCUT2D eigenvalue weighted by Gasteiger charge is 1.89. The molecule has 0 fully saturated rings. The van der Waals surface area contributed by atoms with E-state index >= 15 is 0 Å².